The van der Waals surface area contributed by atoms with E-state index in [0.717, 1.165) is 10.2 Å². The van der Waals surface area contributed by atoms with Crippen LogP contribution in [0.3, 0.4) is 0 Å². The summed E-state index contributed by atoms with van der Waals surface area (Å²) in [6.45, 7) is 2.78. The third kappa shape index (κ3) is 2.71. The fraction of sp³-hybridized carbons (Fsp3) is 0.385. The van der Waals surface area contributed by atoms with Crippen LogP contribution in [-0.4, -0.2) is 51.2 Å². The molecular weight excluding hydrogens is 312 g/mol. The van der Waals surface area contributed by atoms with E-state index in [0.29, 0.717) is 17.5 Å². The lowest BCUT2D eigenvalue weighted by atomic mass is 10.3. The zero-order valence-corrected chi connectivity index (χ0v) is 12.9. The first-order chi connectivity index (χ1) is 10.1. The van der Waals surface area contributed by atoms with Crippen molar-refractivity contribution in [3.8, 4) is 0 Å². The minimum absolute atomic E-state index is 0.0552. The van der Waals surface area contributed by atoms with Crippen LogP contribution in [0.5, 0.6) is 0 Å². The topological polar surface area (TPSA) is 66.4 Å². The highest BCUT2D eigenvalue weighted by Gasteiger charge is 2.29. The molecular formula is C13H13ClN4O2S. The maximum atomic E-state index is 12.1. The predicted molar refractivity (Wildman–Crippen MR) is 80.1 cm³/mol. The van der Waals surface area contributed by atoms with Crippen molar-refractivity contribution in [2.75, 3.05) is 19.6 Å². The molecule has 110 valence electrons. The Bertz CT molecular complexity index is 717. The lowest BCUT2D eigenvalue weighted by molar-refractivity contribution is -0.150. The van der Waals surface area contributed by atoms with Gasteiger partial charge in [-0.3, -0.25) is 9.59 Å². The first-order valence-electron chi connectivity index (χ1n) is 6.53. The van der Waals surface area contributed by atoms with Gasteiger partial charge in [-0.05, 0) is 18.4 Å². The van der Waals surface area contributed by atoms with Gasteiger partial charge < -0.3 is 9.80 Å². The van der Waals surface area contributed by atoms with Crippen molar-refractivity contribution in [2.45, 2.75) is 13.5 Å². The van der Waals surface area contributed by atoms with Crippen LogP contribution < -0.4 is 0 Å². The van der Waals surface area contributed by atoms with Gasteiger partial charge >= 0.3 is 0 Å². The summed E-state index contributed by atoms with van der Waals surface area (Å²) in [6.07, 6.45) is 0. The van der Waals surface area contributed by atoms with Gasteiger partial charge in [-0.25, -0.2) is 9.97 Å². The average molecular weight is 325 g/mol. The molecule has 8 heteroatoms. The summed E-state index contributed by atoms with van der Waals surface area (Å²) in [6, 6.07) is 1.86. The van der Waals surface area contributed by atoms with Crippen molar-refractivity contribution in [3.63, 3.8) is 0 Å². The molecule has 0 N–H and O–H groups in total. The molecule has 0 unspecified atom stereocenters. The number of amides is 2. The normalized spacial score (nSPS) is 16.1. The maximum absolute atomic E-state index is 12.1. The summed E-state index contributed by atoms with van der Waals surface area (Å²) < 4.78 is 0. The number of piperazine rings is 1. The van der Waals surface area contributed by atoms with Crippen LogP contribution in [-0.2, 0) is 16.1 Å². The molecule has 1 fully saturated rings. The van der Waals surface area contributed by atoms with E-state index in [4.69, 9.17) is 11.6 Å². The van der Waals surface area contributed by atoms with E-state index in [-0.39, 0.29) is 31.4 Å². The van der Waals surface area contributed by atoms with Gasteiger partial charge in [-0.2, -0.15) is 0 Å². The van der Waals surface area contributed by atoms with Crippen molar-refractivity contribution < 1.29 is 9.59 Å². The van der Waals surface area contributed by atoms with Crippen molar-refractivity contribution >= 4 is 45.0 Å². The number of fused-ring (bicyclic) bond motifs is 1. The number of aromatic nitrogens is 2. The maximum Gasteiger partial charge on any atom is 0.243 e. The molecule has 0 atom stereocenters. The summed E-state index contributed by atoms with van der Waals surface area (Å²) in [4.78, 5) is 36.3. The van der Waals surface area contributed by atoms with Crippen LogP contribution in [0.25, 0.3) is 10.2 Å². The van der Waals surface area contributed by atoms with E-state index in [1.165, 1.54) is 21.1 Å². The minimum atomic E-state index is -0.0950. The van der Waals surface area contributed by atoms with E-state index in [1.54, 1.807) is 0 Å². The summed E-state index contributed by atoms with van der Waals surface area (Å²) >= 11 is 7.58. The molecule has 6 nitrogen and oxygen atoms in total. The highest BCUT2D eigenvalue weighted by Crippen LogP contribution is 2.25. The molecule has 0 spiro atoms. The van der Waals surface area contributed by atoms with Crippen molar-refractivity contribution in [1.82, 2.24) is 19.8 Å². The zero-order valence-electron chi connectivity index (χ0n) is 11.4. The fourth-order valence-electron chi connectivity index (χ4n) is 2.24. The van der Waals surface area contributed by atoms with E-state index in [1.807, 2.05) is 18.4 Å². The Labute approximate surface area is 130 Å². The van der Waals surface area contributed by atoms with Gasteiger partial charge in [-0.15, -0.1) is 11.3 Å². The smallest absolute Gasteiger partial charge is 0.243 e. The molecule has 1 aliphatic rings. The molecule has 0 radical (unpaired) electrons. The van der Waals surface area contributed by atoms with Gasteiger partial charge in [0.05, 0.1) is 13.1 Å². The molecule has 3 heterocycles. The predicted octanol–water partition coefficient (Wildman–Crippen LogP) is 1.54. The number of hydrogen-bond donors (Lipinski definition) is 0. The summed E-state index contributed by atoms with van der Waals surface area (Å²) in [5.41, 5.74) is 0. The van der Waals surface area contributed by atoms with Crippen LogP contribution in [0.1, 0.15) is 12.7 Å². The molecule has 0 saturated carbocycles. The molecule has 3 rings (SSSR count). The van der Waals surface area contributed by atoms with Crippen LogP contribution in [0.4, 0.5) is 0 Å². The van der Waals surface area contributed by atoms with E-state index in [2.05, 4.69) is 9.97 Å². The Morgan fingerprint density at radius 3 is 2.71 bits per heavy atom. The van der Waals surface area contributed by atoms with Gasteiger partial charge in [0.1, 0.15) is 16.5 Å². The van der Waals surface area contributed by atoms with E-state index >= 15 is 0 Å². The molecule has 1 saturated heterocycles. The monoisotopic (exact) mass is 324 g/mol. The molecule has 0 bridgehead atoms. The number of likely N-dealkylation sites (N-methyl/N-ethyl adjacent to an activating group) is 1. The Balaban J connectivity index is 1.81. The lowest BCUT2D eigenvalue weighted by Gasteiger charge is -2.32. The molecule has 2 aromatic rings. The second-order valence-electron chi connectivity index (χ2n) is 4.73. The standard InChI is InChI=1S/C13H13ClN4O2S/c1-2-17-6-11(20)18(7-10(17)19)5-9-15-12(14)8-3-4-21-13(8)16-9/h3-4H,2,5-7H2,1H3. The summed E-state index contributed by atoms with van der Waals surface area (Å²) in [5.74, 6) is 0.309. The first kappa shape index (κ1) is 14.2. The van der Waals surface area contributed by atoms with Crippen molar-refractivity contribution in [2.24, 2.45) is 0 Å². The fourth-order valence-corrected chi connectivity index (χ4v) is 3.33. The van der Waals surface area contributed by atoms with E-state index in [9.17, 15) is 9.59 Å². The second-order valence-corrected chi connectivity index (χ2v) is 5.98. The summed E-state index contributed by atoms with van der Waals surface area (Å²) in [5, 5.41) is 3.08. The van der Waals surface area contributed by atoms with Gasteiger partial charge in [0.2, 0.25) is 11.8 Å². The second kappa shape index (κ2) is 5.57. The number of carbonyl (C=O) groups is 2. The van der Waals surface area contributed by atoms with Crippen LogP contribution in [0.2, 0.25) is 5.15 Å². The van der Waals surface area contributed by atoms with Crippen LogP contribution >= 0.6 is 22.9 Å². The lowest BCUT2D eigenvalue weighted by Crippen LogP contribution is -2.53. The van der Waals surface area contributed by atoms with Gasteiger partial charge in [0.15, 0.2) is 5.82 Å². The third-order valence-corrected chi connectivity index (χ3v) is 4.49. The highest BCUT2D eigenvalue weighted by atomic mass is 35.5. The molecule has 1 aliphatic heterocycles. The third-order valence-electron chi connectivity index (χ3n) is 3.40. The number of nitrogens with zero attached hydrogens (tertiary/aromatic N) is 4. The minimum Gasteiger partial charge on any atom is -0.332 e. The van der Waals surface area contributed by atoms with Crippen LogP contribution in [0.15, 0.2) is 11.4 Å². The SMILES string of the molecule is CCN1CC(=O)N(Cc2nc(Cl)c3ccsc3n2)CC1=O. The molecule has 21 heavy (non-hydrogen) atoms. The van der Waals surface area contributed by atoms with Gasteiger partial charge in [0.25, 0.3) is 0 Å². The largest absolute Gasteiger partial charge is 0.332 e. The first-order valence-corrected chi connectivity index (χ1v) is 7.79. The Morgan fingerprint density at radius 1 is 1.24 bits per heavy atom. The average Bonchev–Trinajstić information content (AvgIpc) is 2.91. The van der Waals surface area contributed by atoms with Crippen LogP contribution in [0, 0.1) is 0 Å². The molecule has 0 aromatic carbocycles. The number of hydrogen-bond acceptors (Lipinski definition) is 5. The number of halogens is 1. The summed E-state index contributed by atoms with van der Waals surface area (Å²) in [7, 11) is 0. The quantitative estimate of drug-likeness (QED) is 0.803. The zero-order chi connectivity index (χ0) is 15.0. The number of thiophene rings is 1. The van der Waals surface area contributed by atoms with Gasteiger partial charge in [-0.1, -0.05) is 11.6 Å². The number of carbonyl (C=O) groups excluding carboxylic acids is 2. The molecule has 0 aliphatic carbocycles. The van der Waals surface area contributed by atoms with Crippen molar-refractivity contribution in [1.29, 1.82) is 0 Å². The number of rotatable bonds is 3. The highest BCUT2D eigenvalue weighted by molar-refractivity contribution is 7.16. The van der Waals surface area contributed by atoms with Gasteiger partial charge in [0, 0.05) is 11.9 Å². The Kier molecular flexibility index (Phi) is 3.77. The Hall–Kier alpha value is -1.73. The Morgan fingerprint density at radius 2 is 1.95 bits per heavy atom. The van der Waals surface area contributed by atoms with E-state index < -0.39 is 0 Å². The van der Waals surface area contributed by atoms with Crippen molar-refractivity contribution in [3.05, 3.63) is 22.4 Å². The molecule has 2 aromatic heterocycles. The molecule has 2 amide bonds.